The van der Waals surface area contributed by atoms with Crippen LogP contribution in [0.25, 0.3) is 21.8 Å². The van der Waals surface area contributed by atoms with E-state index in [1.807, 2.05) is 36.4 Å². The maximum atomic E-state index is 13.5. The van der Waals surface area contributed by atoms with Crippen molar-refractivity contribution in [2.24, 2.45) is 0 Å². The Hall–Kier alpha value is -3.25. The molecule has 170 valence electrons. The monoisotopic (exact) mass is 509 g/mol. The van der Waals surface area contributed by atoms with Gasteiger partial charge in [-0.2, -0.15) is 0 Å². The first-order valence-corrected chi connectivity index (χ1v) is 11.5. The second kappa shape index (κ2) is 9.18. The van der Waals surface area contributed by atoms with Gasteiger partial charge in [0, 0.05) is 45.8 Å². The van der Waals surface area contributed by atoms with Gasteiger partial charge in [0.15, 0.2) is 0 Å². The Morgan fingerprint density at radius 2 is 1.74 bits per heavy atom. The number of amides is 1. The van der Waals surface area contributed by atoms with E-state index in [4.69, 9.17) is 39.5 Å². The summed E-state index contributed by atoms with van der Waals surface area (Å²) in [5.41, 5.74) is 3.59. The molecule has 1 N–H and O–H groups in total. The molecule has 2 aromatic heterocycles. The van der Waals surface area contributed by atoms with E-state index in [2.05, 4.69) is 27.0 Å². The van der Waals surface area contributed by atoms with Gasteiger partial charge < -0.3 is 14.6 Å². The number of rotatable bonds is 5. The van der Waals surface area contributed by atoms with E-state index in [9.17, 15) is 4.79 Å². The summed E-state index contributed by atoms with van der Waals surface area (Å²) in [4.78, 5) is 17.4. The highest BCUT2D eigenvalue weighted by Crippen LogP contribution is 2.39. The van der Waals surface area contributed by atoms with Gasteiger partial charge in [0.2, 0.25) is 0 Å². The Morgan fingerprint density at radius 3 is 2.44 bits per heavy atom. The molecule has 0 atom stereocenters. The third-order valence-electron chi connectivity index (χ3n) is 5.67. The third kappa shape index (κ3) is 3.96. The number of nitrogens with one attached hydrogen (secondary N) is 1. The maximum Gasteiger partial charge on any atom is 0.256 e. The number of nitrogens with zero attached hydrogens (tertiary/aromatic N) is 2. The van der Waals surface area contributed by atoms with Crippen molar-refractivity contribution in [3.05, 3.63) is 99.3 Å². The van der Waals surface area contributed by atoms with Crippen LogP contribution in [0.5, 0.6) is 5.75 Å². The van der Waals surface area contributed by atoms with Gasteiger partial charge in [0.05, 0.1) is 28.4 Å². The zero-order valence-electron chi connectivity index (χ0n) is 18.0. The molecule has 0 aliphatic carbocycles. The molecule has 34 heavy (non-hydrogen) atoms. The molecule has 0 aliphatic heterocycles. The molecular formula is C26H18Cl3N3O2. The number of methoxy groups -OCH3 is 1. The standard InChI is InChI=1S/C26H18Cl3N3O2/c1-34-22-10-8-17(26(33)31-24-19(28)12-30-13-20(24)29)23-18-11-16(27)7-9-21(18)32(25(22)23)14-15-5-3-2-4-6-15/h2-13H,14H2,1H3,(H,30,31,33). The molecule has 1 amide bonds. The topological polar surface area (TPSA) is 56.1 Å². The van der Waals surface area contributed by atoms with Crippen LogP contribution in [0.15, 0.2) is 73.1 Å². The van der Waals surface area contributed by atoms with Crippen LogP contribution in [-0.4, -0.2) is 22.6 Å². The van der Waals surface area contributed by atoms with Gasteiger partial charge in [-0.3, -0.25) is 9.78 Å². The minimum absolute atomic E-state index is 0.250. The number of carbonyl (C=O) groups is 1. The second-order valence-corrected chi connectivity index (χ2v) is 8.96. The second-order valence-electron chi connectivity index (χ2n) is 7.70. The number of pyridine rings is 1. The minimum Gasteiger partial charge on any atom is -0.495 e. The fourth-order valence-corrected chi connectivity index (χ4v) is 4.80. The summed E-state index contributed by atoms with van der Waals surface area (Å²) in [6, 6.07) is 19.3. The van der Waals surface area contributed by atoms with Crippen molar-refractivity contribution >= 4 is 68.2 Å². The van der Waals surface area contributed by atoms with E-state index in [1.165, 1.54) is 12.4 Å². The number of carbonyl (C=O) groups excluding carboxylic acids is 1. The van der Waals surface area contributed by atoms with Crippen molar-refractivity contribution in [1.29, 1.82) is 0 Å². The fourth-order valence-electron chi connectivity index (χ4n) is 4.17. The Balaban J connectivity index is 1.76. The van der Waals surface area contributed by atoms with Gasteiger partial charge in [-0.15, -0.1) is 0 Å². The predicted molar refractivity (Wildman–Crippen MR) is 139 cm³/mol. The molecule has 8 heteroatoms. The summed E-state index contributed by atoms with van der Waals surface area (Å²) in [5.74, 6) is 0.288. The Morgan fingerprint density at radius 1 is 1.00 bits per heavy atom. The largest absolute Gasteiger partial charge is 0.495 e. The first-order chi connectivity index (χ1) is 16.5. The Bertz CT molecular complexity index is 1530. The van der Waals surface area contributed by atoms with Crippen LogP contribution < -0.4 is 10.1 Å². The lowest BCUT2D eigenvalue weighted by Gasteiger charge is -2.13. The lowest BCUT2D eigenvalue weighted by atomic mass is 10.0. The summed E-state index contributed by atoms with van der Waals surface area (Å²) >= 11 is 18.9. The highest BCUT2D eigenvalue weighted by Gasteiger charge is 2.23. The summed E-state index contributed by atoms with van der Waals surface area (Å²) < 4.78 is 7.86. The molecule has 2 heterocycles. The van der Waals surface area contributed by atoms with Gasteiger partial charge >= 0.3 is 0 Å². The highest BCUT2D eigenvalue weighted by atomic mass is 35.5. The number of hydrogen-bond acceptors (Lipinski definition) is 3. The molecule has 0 saturated carbocycles. The van der Waals surface area contributed by atoms with E-state index in [0.717, 1.165) is 27.4 Å². The lowest BCUT2D eigenvalue weighted by Crippen LogP contribution is -2.13. The molecule has 5 aromatic rings. The van der Waals surface area contributed by atoms with E-state index < -0.39 is 0 Å². The predicted octanol–water partition coefficient (Wildman–Crippen LogP) is 7.46. The van der Waals surface area contributed by atoms with Crippen molar-refractivity contribution in [2.45, 2.75) is 6.54 Å². The maximum absolute atomic E-state index is 13.5. The van der Waals surface area contributed by atoms with Crippen molar-refractivity contribution in [3.63, 3.8) is 0 Å². The fraction of sp³-hybridized carbons (Fsp3) is 0.0769. The molecule has 0 saturated heterocycles. The number of fused-ring (bicyclic) bond motifs is 3. The van der Waals surface area contributed by atoms with E-state index >= 15 is 0 Å². The zero-order valence-corrected chi connectivity index (χ0v) is 20.2. The average Bonchev–Trinajstić information content (AvgIpc) is 3.15. The van der Waals surface area contributed by atoms with Crippen LogP contribution in [0, 0.1) is 0 Å². The molecule has 0 aliphatic rings. The molecule has 0 unspecified atom stereocenters. The third-order valence-corrected chi connectivity index (χ3v) is 6.48. The number of aromatic nitrogens is 2. The lowest BCUT2D eigenvalue weighted by molar-refractivity contribution is 0.102. The summed E-state index contributed by atoms with van der Waals surface area (Å²) in [6.07, 6.45) is 2.86. The van der Waals surface area contributed by atoms with Crippen LogP contribution >= 0.6 is 34.8 Å². The smallest absolute Gasteiger partial charge is 0.256 e. The summed E-state index contributed by atoms with van der Waals surface area (Å²) in [7, 11) is 1.61. The first-order valence-electron chi connectivity index (χ1n) is 10.4. The molecule has 3 aromatic carbocycles. The van der Waals surface area contributed by atoms with E-state index in [-0.39, 0.29) is 16.0 Å². The minimum atomic E-state index is -0.360. The van der Waals surface area contributed by atoms with Crippen LogP contribution in [0.3, 0.4) is 0 Å². The zero-order chi connectivity index (χ0) is 23.8. The highest BCUT2D eigenvalue weighted by molar-refractivity contribution is 6.40. The Kier molecular flexibility index (Phi) is 6.09. The van der Waals surface area contributed by atoms with Crippen molar-refractivity contribution in [3.8, 4) is 5.75 Å². The molecule has 5 rings (SSSR count). The Labute approximate surface area is 210 Å². The molecule has 0 bridgehead atoms. The van der Waals surface area contributed by atoms with Crippen molar-refractivity contribution in [2.75, 3.05) is 12.4 Å². The molecular weight excluding hydrogens is 493 g/mol. The molecule has 5 nitrogen and oxygen atoms in total. The quantitative estimate of drug-likeness (QED) is 0.267. The van der Waals surface area contributed by atoms with Gasteiger partial charge in [0.1, 0.15) is 5.75 Å². The average molecular weight is 511 g/mol. The SMILES string of the molecule is COc1ccc(C(=O)Nc2c(Cl)cncc2Cl)c2c3cc(Cl)ccc3n(Cc3ccccc3)c12. The number of halogens is 3. The number of hydrogen-bond donors (Lipinski definition) is 1. The van der Waals surface area contributed by atoms with Gasteiger partial charge in [0.25, 0.3) is 5.91 Å². The van der Waals surface area contributed by atoms with E-state index in [1.54, 1.807) is 19.2 Å². The normalized spacial score (nSPS) is 11.2. The number of benzene rings is 3. The summed E-state index contributed by atoms with van der Waals surface area (Å²) in [6.45, 7) is 0.589. The number of ether oxygens (including phenoxy) is 1. The van der Waals surface area contributed by atoms with Crippen LogP contribution in [0.1, 0.15) is 15.9 Å². The van der Waals surface area contributed by atoms with Crippen LogP contribution in [-0.2, 0) is 6.54 Å². The molecule has 0 fully saturated rings. The van der Waals surface area contributed by atoms with Crippen LogP contribution in [0.4, 0.5) is 5.69 Å². The van der Waals surface area contributed by atoms with Crippen molar-refractivity contribution in [1.82, 2.24) is 9.55 Å². The first kappa shape index (κ1) is 22.5. The van der Waals surface area contributed by atoms with Crippen LogP contribution in [0.2, 0.25) is 15.1 Å². The van der Waals surface area contributed by atoms with Gasteiger partial charge in [-0.1, -0.05) is 65.1 Å². The van der Waals surface area contributed by atoms with E-state index in [0.29, 0.717) is 28.6 Å². The molecule has 0 radical (unpaired) electrons. The summed E-state index contributed by atoms with van der Waals surface area (Å²) in [5, 5.41) is 5.48. The van der Waals surface area contributed by atoms with Crippen molar-refractivity contribution < 1.29 is 9.53 Å². The number of anilines is 1. The van der Waals surface area contributed by atoms with Gasteiger partial charge in [-0.25, -0.2) is 0 Å². The molecule has 0 spiro atoms. The van der Waals surface area contributed by atoms with Gasteiger partial charge in [-0.05, 0) is 35.9 Å².